The molecule has 1 aromatic carbocycles. The van der Waals surface area contributed by atoms with Crippen molar-refractivity contribution in [1.82, 2.24) is 4.90 Å². The number of amides is 2. The van der Waals surface area contributed by atoms with Gasteiger partial charge in [0, 0.05) is 37.4 Å². The Kier molecular flexibility index (Phi) is 6.11. The minimum absolute atomic E-state index is 0.0665. The zero-order valence-electron chi connectivity index (χ0n) is 15.5. The van der Waals surface area contributed by atoms with E-state index in [2.05, 4.69) is 5.32 Å². The first-order chi connectivity index (χ1) is 13.0. The molecule has 0 spiro atoms. The number of nitrogens with one attached hydrogen (secondary N) is 1. The SMILES string of the molecule is CCC(=O)Nc1cccc(C(=O)N2CCC([C@@H]3OCCC3C(=O)O)CC2)c1. The minimum atomic E-state index is -0.790. The molecule has 2 heterocycles. The van der Waals surface area contributed by atoms with Crippen LogP contribution in [0.1, 0.15) is 43.0 Å². The van der Waals surface area contributed by atoms with Crippen molar-refractivity contribution in [2.45, 2.75) is 38.7 Å². The topological polar surface area (TPSA) is 95.9 Å². The van der Waals surface area contributed by atoms with Gasteiger partial charge in [-0.3, -0.25) is 14.4 Å². The summed E-state index contributed by atoms with van der Waals surface area (Å²) in [6, 6.07) is 6.97. The summed E-state index contributed by atoms with van der Waals surface area (Å²) in [5.41, 5.74) is 1.16. The highest BCUT2D eigenvalue weighted by Gasteiger charge is 2.40. The predicted molar refractivity (Wildman–Crippen MR) is 99.5 cm³/mol. The Bertz CT molecular complexity index is 712. The first-order valence-corrected chi connectivity index (χ1v) is 9.53. The van der Waals surface area contributed by atoms with E-state index in [-0.39, 0.29) is 23.8 Å². The summed E-state index contributed by atoms with van der Waals surface area (Å²) < 4.78 is 5.69. The highest BCUT2D eigenvalue weighted by Crippen LogP contribution is 2.33. The molecule has 7 heteroatoms. The van der Waals surface area contributed by atoms with Crippen molar-refractivity contribution in [2.24, 2.45) is 11.8 Å². The number of benzene rings is 1. The van der Waals surface area contributed by atoms with Gasteiger partial charge in [-0.1, -0.05) is 13.0 Å². The maximum absolute atomic E-state index is 12.8. The van der Waals surface area contributed by atoms with Crippen molar-refractivity contribution in [3.8, 4) is 0 Å². The second-order valence-electron chi connectivity index (χ2n) is 7.18. The van der Waals surface area contributed by atoms with Gasteiger partial charge in [0.15, 0.2) is 0 Å². The standard InChI is InChI=1S/C20H26N2O5/c1-2-17(23)21-15-5-3-4-14(12-15)19(24)22-9-6-13(7-10-22)18-16(20(25)26)8-11-27-18/h3-5,12-13,16,18H,2,6-11H2,1H3,(H,21,23)(H,25,26)/t16?,18-/m0/s1. The quantitative estimate of drug-likeness (QED) is 0.825. The van der Waals surface area contributed by atoms with E-state index >= 15 is 0 Å². The Labute approximate surface area is 158 Å². The summed E-state index contributed by atoms with van der Waals surface area (Å²) in [5, 5.41) is 12.1. The molecule has 2 N–H and O–H groups in total. The highest BCUT2D eigenvalue weighted by molar-refractivity contribution is 5.97. The Morgan fingerprint density at radius 1 is 1.22 bits per heavy atom. The first-order valence-electron chi connectivity index (χ1n) is 9.53. The van der Waals surface area contributed by atoms with E-state index < -0.39 is 11.9 Å². The molecule has 0 bridgehead atoms. The molecule has 2 fully saturated rings. The summed E-state index contributed by atoms with van der Waals surface area (Å²) in [7, 11) is 0. The molecule has 2 aliphatic heterocycles. The average molecular weight is 374 g/mol. The van der Waals surface area contributed by atoms with E-state index in [9.17, 15) is 19.5 Å². The maximum Gasteiger partial charge on any atom is 0.309 e. The third-order valence-corrected chi connectivity index (χ3v) is 5.46. The predicted octanol–water partition coefficient (Wildman–Crippen LogP) is 2.38. The van der Waals surface area contributed by atoms with Gasteiger partial charge < -0.3 is 20.1 Å². The fourth-order valence-electron chi connectivity index (χ4n) is 3.93. The highest BCUT2D eigenvalue weighted by atomic mass is 16.5. The number of carbonyl (C=O) groups is 3. The number of carbonyl (C=O) groups excluding carboxylic acids is 2. The molecule has 2 saturated heterocycles. The van der Waals surface area contributed by atoms with Crippen LogP contribution in [0.5, 0.6) is 0 Å². The normalized spacial score (nSPS) is 23.2. The van der Waals surface area contributed by atoms with Gasteiger partial charge in [0.25, 0.3) is 5.91 Å². The van der Waals surface area contributed by atoms with E-state index in [1.54, 1.807) is 36.1 Å². The van der Waals surface area contributed by atoms with Crippen LogP contribution in [-0.2, 0) is 14.3 Å². The number of piperidine rings is 1. The van der Waals surface area contributed by atoms with Crippen LogP contribution in [0, 0.1) is 11.8 Å². The molecule has 3 rings (SSSR count). The molecule has 0 saturated carbocycles. The largest absolute Gasteiger partial charge is 0.481 e. The number of carboxylic acid groups (broad SMARTS) is 1. The van der Waals surface area contributed by atoms with Crippen LogP contribution in [0.2, 0.25) is 0 Å². The van der Waals surface area contributed by atoms with Gasteiger partial charge in [-0.05, 0) is 43.4 Å². The van der Waals surface area contributed by atoms with E-state index in [0.29, 0.717) is 43.8 Å². The van der Waals surface area contributed by atoms with E-state index in [4.69, 9.17) is 4.74 Å². The van der Waals surface area contributed by atoms with Gasteiger partial charge in [0.2, 0.25) is 5.91 Å². The zero-order valence-corrected chi connectivity index (χ0v) is 15.5. The summed E-state index contributed by atoms with van der Waals surface area (Å²) in [5.74, 6) is -1.21. The van der Waals surface area contributed by atoms with Crippen LogP contribution in [0.25, 0.3) is 0 Å². The van der Waals surface area contributed by atoms with Crippen molar-refractivity contribution in [1.29, 1.82) is 0 Å². The van der Waals surface area contributed by atoms with Crippen LogP contribution in [0.3, 0.4) is 0 Å². The molecular weight excluding hydrogens is 348 g/mol. The van der Waals surface area contributed by atoms with E-state index in [1.165, 1.54) is 0 Å². The van der Waals surface area contributed by atoms with Crippen molar-refractivity contribution < 1.29 is 24.2 Å². The summed E-state index contributed by atoms with van der Waals surface area (Å²) >= 11 is 0. The summed E-state index contributed by atoms with van der Waals surface area (Å²) in [6.45, 7) is 3.44. The molecule has 2 atom stereocenters. The lowest BCUT2D eigenvalue weighted by atomic mass is 9.84. The van der Waals surface area contributed by atoms with E-state index in [1.807, 2.05) is 0 Å². The number of rotatable bonds is 5. The second-order valence-corrected chi connectivity index (χ2v) is 7.18. The molecule has 0 aromatic heterocycles. The van der Waals surface area contributed by atoms with Crippen LogP contribution in [0.15, 0.2) is 24.3 Å². The molecular formula is C20H26N2O5. The lowest BCUT2D eigenvalue weighted by molar-refractivity contribution is -0.145. The smallest absolute Gasteiger partial charge is 0.309 e. The fourth-order valence-corrected chi connectivity index (χ4v) is 3.93. The number of ether oxygens (including phenoxy) is 1. The maximum atomic E-state index is 12.8. The number of nitrogens with zero attached hydrogens (tertiary/aromatic N) is 1. The van der Waals surface area contributed by atoms with E-state index in [0.717, 1.165) is 12.8 Å². The minimum Gasteiger partial charge on any atom is -0.481 e. The van der Waals surface area contributed by atoms with Gasteiger partial charge in [-0.25, -0.2) is 0 Å². The molecule has 7 nitrogen and oxygen atoms in total. The Hall–Kier alpha value is -2.41. The number of anilines is 1. The molecule has 2 aliphatic rings. The van der Waals surface area contributed by atoms with Gasteiger partial charge in [0.1, 0.15) is 0 Å². The monoisotopic (exact) mass is 374 g/mol. The van der Waals surface area contributed by atoms with Crippen molar-refractivity contribution in [3.63, 3.8) is 0 Å². The van der Waals surface area contributed by atoms with Gasteiger partial charge in [-0.2, -0.15) is 0 Å². The van der Waals surface area contributed by atoms with Gasteiger partial charge >= 0.3 is 5.97 Å². The number of carboxylic acids is 1. The third kappa shape index (κ3) is 4.47. The number of likely N-dealkylation sites (tertiary alicyclic amines) is 1. The van der Waals surface area contributed by atoms with Gasteiger partial charge in [0.05, 0.1) is 12.0 Å². The summed E-state index contributed by atoms with van der Waals surface area (Å²) in [4.78, 5) is 37.5. The van der Waals surface area contributed by atoms with Crippen LogP contribution >= 0.6 is 0 Å². The van der Waals surface area contributed by atoms with Gasteiger partial charge in [-0.15, -0.1) is 0 Å². The molecule has 1 aromatic rings. The number of aliphatic carboxylic acids is 1. The second kappa shape index (κ2) is 8.52. The first kappa shape index (κ1) is 19.4. The lowest BCUT2D eigenvalue weighted by Gasteiger charge is -2.35. The van der Waals surface area contributed by atoms with Crippen molar-refractivity contribution in [3.05, 3.63) is 29.8 Å². The number of hydrogen-bond acceptors (Lipinski definition) is 4. The Balaban J connectivity index is 1.59. The Morgan fingerprint density at radius 3 is 2.63 bits per heavy atom. The molecule has 2 amide bonds. The fraction of sp³-hybridized carbons (Fsp3) is 0.550. The molecule has 1 unspecified atom stereocenters. The Morgan fingerprint density at radius 2 is 1.96 bits per heavy atom. The molecule has 27 heavy (non-hydrogen) atoms. The van der Waals surface area contributed by atoms with Crippen molar-refractivity contribution in [2.75, 3.05) is 25.0 Å². The molecule has 0 aliphatic carbocycles. The van der Waals surface area contributed by atoms with Crippen LogP contribution in [0.4, 0.5) is 5.69 Å². The number of hydrogen-bond donors (Lipinski definition) is 2. The third-order valence-electron chi connectivity index (χ3n) is 5.46. The average Bonchev–Trinajstić information content (AvgIpc) is 3.18. The molecule has 146 valence electrons. The van der Waals surface area contributed by atoms with Crippen LogP contribution in [-0.4, -0.2) is 53.6 Å². The zero-order chi connectivity index (χ0) is 19.4. The van der Waals surface area contributed by atoms with Crippen LogP contribution < -0.4 is 5.32 Å². The molecule has 0 radical (unpaired) electrons. The van der Waals surface area contributed by atoms with Crippen molar-refractivity contribution >= 4 is 23.5 Å². The summed E-state index contributed by atoms with van der Waals surface area (Å²) in [6.07, 6.45) is 2.19. The lowest BCUT2D eigenvalue weighted by Crippen LogP contribution is -2.43.